The van der Waals surface area contributed by atoms with Gasteiger partial charge in [-0.25, -0.2) is 0 Å². The summed E-state index contributed by atoms with van der Waals surface area (Å²) in [6, 6.07) is 0. The van der Waals surface area contributed by atoms with E-state index in [2.05, 4.69) is 42.8 Å². The van der Waals surface area contributed by atoms with Crippen LogP contribution in [0.15, 0.2) is 9.66 Å². The second-order valence-corrected chi connectivity index (χ2v) is 6.93. The lowest BCUT2D eigenvalue weighted by molar-refractivity contribution is -0.881. The van der Waals surface area contributed by atoms with Crippen molar-refractivity contribution >= 4 is 22.6 Å². The molecule has 1 saturated carbocycles. The molecule has 0 aromatic heterocycles. The number of allylic oxidation sites excluding steroid dienone is 2. The minimum Gasteiger partial charge on any atom is -1.00 e. The van der Waals surface area contributed by atoms with Crippen molar-refractivity contribution in [2.75, 3.05) is 27.2 Å². The first-order valence-corrected chi connectivity index (χ1v) is 6.34. The van der Waals surface area contributed by atoms with Crippen molar-refractivity contribution in [1.29, 1.82) is 0 Å². The van der Waals surface area contributed by atoms with Crippen molar-refractivity contribution < 1.29 is 28.5 Å². The fourth-order valence-corrected chi connectivity index (χ4v) is 5.02. The highest BCUT2D eigenvalue weighted by Gasteiger charge is 2.55. The zero-order valence-electron chi connectivity index (χ0n) is 8.71. The maximum absolute atomic E-state index is 2.57. The van der Waals surface area contributed by atoms with Crippen LogP contribution in [0.2, 0.25) is 0 Å². The smallest absolute Gasteiger partial charge is 0.0822 e. The Morgan fingerprint density at radius 2 is 1.93 bits per heavy atom. The van der Waals surface area contributed by atoms with Crippen LogP contribution in [0.5, 0.6) is 0 Å². The minimum absolute atomic E-state index is 0. The van der Waals surface area contributed by atoms with Crippen molar-refractivity contribution in [1.82, 2.24) is 0 Å². The minimum atomic E-state index is 0. The van der Waals surface area contributed by atoms with E-state index in [-0.39, 0.29) is 24.0 Å². The lowest BCUT2D eigenvalue weighted by Crippen LogP contribution is -3.00. The molecule has 1 aliphatic heterocycles. The van der Waals surface area contributed by atoms with E-state index in [1.807, 2.05) is 0 Å². The molecule has 2 bridgehead atoms. The van der Waals surface area contributed by atoms with E-state index < -0.39 is 0 Å². The third kappa shape index (κ3) is 1.57. The van der Waals surface area contributed by atoms with E-state index in [0.717, 1.165) is 23.7 Å². The van der Waals surface area contributed by atoms with Gasteiger partial charge >= 0.3 is 0 Å². The molecule has 0 aromatic rings. The lowest BCUT2D eigenvalue weighted by Gasteiger charge is -2.25. The number of rotatable bonds is 0. The molecule has 1 nitrogen and oxygen atoms in total. The predicted molar refractivity (Wildman–Crippen MR) is 62.5 cm³/mol. The van der Waals surface area contributed by atoms with Crippen LogP contribution in [0.1, 0.15) is 6.42 Å². The zero-order valence-corrected chi connectivity index (χ0v) is 13.0. The molecule has 4 atom stereocenters. The van der Waals surface area contributed by atoms with Crippen LogP contribution in [0, 0.1) is 23.7 Å². The second kappa shape index (κ2) is 3.58. The molecule has 2 aliphatic carbocycles. The number of quaternary nitrogens is 1. The highest BCUT2D eigenvalue weighted by molar-refractivity contribution is 14.1. The summed E-state index contributed by atoms with van der Waals surface area (Å²) < 4.78 is 2.94. The molecule has 3 aliphatic rings. The van der Waals surface area contributed by atoms with Gasteiger partial charge in [-0.3, -0.25) is 0 Å². The van der Waals surface area contributed by atoms with Gasteiger partial charge in [-0.15, -0.1) is 0 Å². The second-order valence-electron chi connectivity index (χ2n) is 5.69. The summed E-state index contributed by atoms with van der Waals surface area (Å²) >= 11 is 2.57. The molecule has 1 heterocycles. The van der Waals surface area contributed by atoms with Crippen molar-refractivity contribution in [2.24, 2.45) is 23.7 Å². The molecule has 14 heavy (non-hydrogen) atoms. The van der Waals surface area contributed by atoms with Crippen LogP contribution < -0.4 is 24.0 Å². The summed E-state index contributed by atoms with van der Waals surface area (Å²) in [5.74, 6) is 3.95. The summed E-state index contributed by atoms with van der Waals surface area (Å²) in [6.07, 6.45) is 4.03. The fourth-order valence-electron chi connectivity index (χ4n) is 3.84. The van der Waals surface area contributed by atoms with Gasteiger partial charge in [0.1, 0.15) is 0 Å². The Labute approximate surface area is 117 Å². The Morgan fingerprint density at radius 3 is 2.64 bits per heavy atom. The number of nitrogens with zero attached hydrogens (tertiary/aromatic N) is 1. The summed E-state index contributed by atoms with van der Waals surface area (Å²) in [6.45, 7) is 2.85. The topological polar surface area (TPSA) is 0 Å². The van der Waals surface area contributed by atoms with Gasteiger partial charge in [0.05, 0.1) is 27.2 Å². The number of hydrogen-bond acceptors (Lipinski definition) is 0. The van der Waals surface area contributed by atoms with Crippen LogP contribution in [0.4, 0.5) is 0 Å². The van der Waals surface area contributed by atoms with Crippen LogP contribution in [-0.4, -0.2) is 31.7 Å². The largest absolute Gasteiger partial charge is 1.00 e. The summed E-state index contributed by atoms with van der Waals surface area (Å²) in [5, 5.41) is 0. The first kappa shape index (κ1) is 11.6. The molecule has 0 N–H and O–H groups in total. The molecule has 0 spiro atoms. The Kier molecular flexibility index (Phi) is 2.98. The molecule has 0 amide bonds. The average molecular weight is 417 g/mol. The highest BCUT2D eigenvalue weighted by Crippen LogP contribution is 2.56. The molecule has 80 valence electrons. The predicted octanol–water partition coefficient (Wildman–Crippen LogP) is -0.719. The monoisotopic (exact) mass is 417 g/mol. The van der Waals surface area contributed by atoms with Crippen molar-refractivity contribution in [2.45, 2.75) is 6.42 Å². The average Bonchev–Trinajstić information content (AvgIpc) is 2.56. The lowest BCUT2D eigenvalue weighted by atomic mass is 9.86. The SMILES string of the molecule is C[N+]1(C)CC2C3C=C(I)C(C3)C2C1.[I-]. The molecule has 0 radical (unpaired) electrons. The van der Waals surface area contributed by atoms with Gasteiger partial charge in [-0.2, -0.15) is 0 Å². The van der Waals surface area contributed by atoms with Gasteiger partial charge in [0.15, 0.2) is 0 Å². The number of halogens is 2. The van der Waals surface area contributed by atoms with Gasteiger partial charge < -0.3 is 28.5 Å². The molecule has 1 saturated heterocycles. The van der Waals surface area contributed by atoms with E-state index >= 15 is 0 Å². The van der Waals surface area contributed by atoms with Crippen molar-refractivity contribution in [3.63, 3.8) is 0 Å². The van der Waals surface area contributed by atoms with E-state index in [4.69, 9.17) is 0 Å². The zero-order chi connectivity index (χ0) is 9.22. The van der Waals surface area contributed by atoms with Crippen molar-refractivity contribution in [3.05, 3.63) is 9.66 Å². The van der Waals surface area contributed by atoms with Gasteiger partial charge in [0, 0.05) is 11.8 Å². The van der Waals surface area contributed by atoms with Gasteiger partial charge in [0.2, 0.25) is 0 Å². The maximum atomic E-state index is 2.57. The molecule has 0 aromatic carbocycles. The fraction of sp³-hybridized carbons (Fsp3) is 0.818. The van der Waals surface area contributed by atoms with Gasteiger partial charge in [-0.1, -0.05) is 6.08 Å². The molecule has 3 rings (SSSR count). The van der Waals surface area contributed by atoms with Crippen LogP contribution >= 0.6 is 22.6 Å². The third-order valence-corrected chi connectivity index (χ3v) is 5.44. The number of likely N-dealkylation sites (tertiary alicyclic amines) is 1. The standard InChI is InChI=1S/C11H17IN.HI/c1-13(2)5-9-7-3-8(10(9)6-13)11(12)4-7;/h4,7-10H,3,5-6H2,1-2H3;1H/q+1;/p-1. The molecular formula is C11H17I2N. The number of hydrogen-bond donors (Lipinski definition) is 0. The number of fused-ring (bicyclic) bond motifs is 5. The summed E-state index contributed by atoms with van der Waals surface area (Å²) in [4.78, 5) is 0. The van der Waals surface area contributed by atoms with E-state index in [1.54, 1.807) is 3.58 Å². The van der Waals surface area contributed by atoms with Gasteiger partial charge in [-0.05, 0) is 44.4 Å². The van der Waals surface area contributed by atoms with E-state index in [9.17, 15) is 0 Å². The van der Waals surface area contributed by atoms with E-state index in [0.29, 0.717) is 0 Å². The molecule has 4 unspecified atom stereocenters. The van der Waals surface area contributed by atoms with Crippen molar-refractivity contribution in [3.8, 4) is 0 Å². The van der Waals surface area contributed by atoms with Gasteiger partial charge in [0.25, 0.3) is 0 Å². The first-order chi connectivity index (χ1) is 6.07. The summed E-state index contributed by atoms with van der Waals surface area (Å²) in [5.41, 5.74) is 0. The third-order valence-electron chi connectivity index (χ3n) is 4.28. The van der Waals surface area contributed by atoms with E-state index in [1.165, 1.54) is 24.0 Å². The summed E-state index contributed by atoms with van der Waals surface area (Å²) in [7, 11) is 4.79. The Bertz CT molecular complexity index is 285. The molecular weight excluding hydrogens is 400 g/mol. The molecule has 2 fully saturated rings. The maximum Gasteiger partial charge on any atom is 0.0822 e. The quantitative estimate of drug-likeness (QED) is 0.361. The highest BCUT2D eigenvalue weighted by atomic mass is 127. The Morgan fingerprint density at radius 1 is 1.29 bits per heavy atom. The normalized spacial score (nSPS) is 47.2. The Balaban J connectivity index is 0.000000750. The first-order valence-electron chi connectivity index (χ1n) is 5.26. The van der Waals surface area contributed by atoms with Crippen LogP contribution in [-0.2, 0) is 0 Å². The van der Waals surface area contributed by atoms with Crippen LogP contribution in [0.25, 0.3) is 0 Å². The Hall–Kier alpha value is 1.16. The van der Waals surface area contributed by atoms with Crippen LogP contribution in [0.3, 0.4) is 0 Å². The molecule has 3 heteroatoms.